The molecule has 1 heterocycles. The number of rotatable bonds is 7. The largest absolute Gasteiger partial charge is 0.497 e. The zero-order valence-electron chi connectivity index (χ0n) is 16.8. The molecule has 1 aliphatic heterocycles. The van der Waals surface area contributed by atoms with E-state index in [2.05, 4.69) is 27.7 Å². The van der Waals surface area contributed by atoms with Gasteiger partial charge in [-0.15, -0.1) is 0 Å². The van der Waals surface area contributed by atoms with Gasteiger partial charge in [-0.1, -0.05) is 0 Å². The van der Waals surface area contributed by atoms with Crippen LogP contribution in [0.3, 0.4) is 0 Å². The normalized spacial score (nSPS) is 14.9. The summed E-state index contributed by atoms with van der Waals surface area (Å²) < 4.78 is 10.5. The Morgan fingerprint density at radius 2 is 1.71 bits per heavy atom. The van der Waals surface area contributed by atoms with Crippen molar-refractivity contribution in [2.45, 2.75) is 32.2 Å². The Hall–Kier alpha value is -2.89. The number of carbonyl (C=O) groups excluding carboxylic acids is 1. The van der Waals surface area contributed by atoms with Crippen molar-refractivity contribution in [2.24, 2.45) is 0 Å². The molecule has 1 unspecified atom stereocenters. The van der Waals surface area contributed by atoms with Gasteiger partial charge in [0.2, 0.25) is 5.91 Å². The van der Waals surface area contributed by atoms with Crippen molar-refractivity contribution in [1.82, 2.24) is 0 Å². The highest BCUT2D eigenvalue weighted by atomic mass is 16.5. The summed E-state index contributed by atoms with van der Waals surface area (Å²) in [6, 6.07) is 13.2. The minimum absolute atomic E-state index is 0.147. The first-order chi connectivity index (χ1) is 13.6. The van der Waals surface area contributed by atoms with Gasteiger partial charge in [-0.25, -0.2) is 0 Å². The van der Waals surface area contributed by atoms with Crippen molar-refractivity contribution < 1.29 is 14.3 Å². The van der Waals surface area contributed by atoms with Crippen molar-refractivity contribution in [3.63, 3.8) is 0 Å². The lowest BCUT2D eigenvalue weighted by Gasteiger charge is -2.29. The van der Waals surface area contributed by atoms with Crippen molar-refractivity contribution in [2.75, 3.05) is 42.8 Å². The number of benzene rings is 2. The molecule has 1 saturated heterocycles. The molecule has 3 rings (SSSR count). The summed E-state index contributed by atoms with van der Waals surface area (Å²) in [4.78, 5) is 15.0. The summed E-state index contributed by atoms with van der Waals surface area (Å²) in [6.45, 7) is 4.07. The second kappa shape index (κ2) is 9.35. The van der Waals surface area contributed by atoms with Crippen molar-refractivity contribution >= 4 is 23.0 Å². The smallest absolute Gasteiger partial charge is 0.246 e. The second-order valence-corrected chi connectivity index (χ2v) is 7.02. The zero-order chi connectivity index (χ0) is 19.9. The molecular formula is C22H29N3O3. The average Bonchev–Trinajstić information content (AvgIpc) is 2.74. The number of hydrogen-bond donors (Lipinski definition) is 2. The fourth-order valence-corrected chi connectivity index (χ4v) is 3.39. The summed E-state index contributed by atoms with van der Waals surface area (Å²) >= 11 is 0. The number of piperidine rings is 1. The summed E-state index contributed by atoms with van der Waals surface area (Å²) in [5.74, 6) is 1.10. The van der Waals surface area contributed by atoms with Crippen molar-refractivity contribution in [3.8, 4) is 11.5 Å². The van der Waals surface area contributed by atoms with Gasteiger partial charge in [0.25, 0.3) is 0 Å². The number of carbonyl (C=O) groups is 1. The summed E-state index contributed by atoms with van der Waals surface area (Å²) in [7, 11) is 3.16. The number of methoxy groups -OCH3 is 2. The number of amides is 1. The topological polar surface area (TPSA) is 62.8 Å². The lowest BCUT2D eigenvalue weighted by Crippen LogP contribution is -2.32. The third-order valence-electron chi connectivity index (χ3n) is 5.03. The molecule has 2 aromatic carbocycles. The predicted molar refractivity (Wildman–Crippen MR) is 114 cm³/mol. The predicted octanol–water partition coefficient (Wildman–Crippen LogP) is 4.13. The second-order valence-electron chi connectivity index (χ2n) is 7.02. The average molecular weight is 383 g/mol. The molecule has 1 amide bonds. The van der Waals surface area contributed by atoms with Gasteiger partial charge in [0.15, 0.2) is 0 Å². The van der Waals surface area contributed by atoms with Gasteiger partial charge < -0.3 is 25.0 Å². The van der Waals surface area contributed by atoms with Gasteiger partial charge in [0, 0.05) is 30.5 Å². The minimum atomic E-state index is -0.406. The number of hydrogen-bond acceptors (Lipinski definition) is 5. The molecule has 0 bridgehead atoms. The van der Waals surface area contributed by atoms with Gasteiger partial charge in [0.05, 0.1) is 19.9 Å². The number of nitrogens with zero attached hydrogens (tertiary/aromatic N) is 1. The lowest BCUT2D eigenvalue weighted by atomic mass is 10.1. The number of anilines is 3. The minimum Gasteiger partial charge on any atom is -0.497 e. The molecule has 150 valence electrons. The standard InChI is InChI=1S/C22H29N3O3/c1-16(22(26)24-20-15-19(27-2)11-12-21(20)28-3)23-17-7-9-18(10-8-17)25-13-5-4-6-14-25/h7-12,15-16,23H,4-6,13-14H2,1-3H3,(H,24,26). The Kier molecular flexibility index (Phi) is 6.63. The molecule has 1 aliphatic rings. The first kappa shape index (κ1) is 19.9. The summed E-state index contributed by atoms with van der Waals surface area (Å²) in [6.07, 6.45) is 3.83. The highest BCUT2D eigenvalue weighted by Gasteiger charge is 2.16. The molecule has 2 aromatic rings. The molecule has 1 fully saturated rings. The molecule has 0 spiro atoms. The van der Waals surface area contributed by atoms with Crippen LogP contribution in [0.4, 0.5) is 17.1 Å². The van der Waals surface area contributed by atoms with E-state index in [1.54, 1.807) is 32.4 Å². The van der Waals surface area contributed by atoms with Crippen molar-refractivity contribution in [3.05, 3.63) is 42.5 Å². The quantitative estimate of drug-likeness (QED) is 0.753. The molecule has 6 nitrogen and oxygen atoms in total. The van der Waals surface area contributed by atoms with E-state index >= 15 is 0 Å². The van der Waals surface area contributed by atoms with Crippen LogP contribution in [0.5, 0.6) is 11.5 Å². The van der Waals surface area contributed by atoms with Crippen LogP contribution >= 0.6 is 0 Å². The first-order valence-electron chi connectivity index (χ1n) is 9.75. The van der Waals surface area contributed by atoms with Gasteiger partial charge in [-0.3, -0.25) is 4.79 Å². The van der Waals surface area contributed by atoms with Crippen LogP contribution in [0, 0.1) is 0 Å². The zero-order valence-corrected chi connectivity index (χ0v) is 16.8. The van der Waals surface area contributed by atoms with E-state index in [0.29, 0.717) is 17.2 Å². The summed E-state index contributed by atoms with van der Waals surface area (Å²) in [5.41, 5.74) is 2.74. The first-order valence-corrected chi connectivity index (χ1v) is 9.75. The Morgan fingerprint density at radius 3 is 2.36 bits per heavy atom. The SMILES string of the molecule is COc1ccc(OC)c(NC(=O)C(C)Nc2ccc(N3CCCCC3)cc2)c1. The van der Waals surface area contributed by atoms with Gasteiger partial charge in [-0.2, -0.15) is 0 Å². The monoisotopic (exact) mass is 383 g/mol. The third kappa shape index (κ3) is 4.88. The third-order valence-corrected chi connectivity index (χ3v) is 5.03. The maximum atomic E-state index is 12.6. The Balaban J connectivity index is 1.61. The van der Waals surface area contributed by atoms with Crippen molar-refractivity contribution in [1.29, 1.82) is 0 Å². The Bertz CT molecular complexity index is 786. The molecular weight excluding hydrogens is 354 g/mol. The Morgan fingerprint density at radius 1 is 1.00 bits per heavy atom. The van der Waals surface area contributed by atoms with E-state index in [-0.39, 0.29) is 5.91 Å². The molecule has 1 atom stereocenters. The fraction of sp³-hybridized carbons (Fsp3) is 0.409. The van der Waals surface area contributed by atoms with E-state index in [4.69, 9.17) is 9.47 Å². The highest BCUT2D eigenvalue weighted by Crippen LogP contribution is 2.29. The van der Waals surface area contributed by atoms with Gasteiger partial charge in [0.1, 0.15) is 17.5 Å². The van der Waals surface area contributed by atoms with Crippen LogP contribution in [0.15, 0.2) is 42.5 Å². The molecule has 0 aliphatic carbocycles. The van der Waals surface area contributed by atoms with E-state index in [1.807, 2.05) is 19.1 Å². The maximum absolute atomic E-state index is 12.6. The summed E-state index contributed by atoms with van der Waals surface area (Å²) in [5, 5.41) is 6.16. The van der Waals surface area contributed by atoms with E-state index < -0.39 is 6.04 Å². The van der Waals surface area contributed by atoms with Crippen LogP contribution in [0.2, 0.25) is 0 Å². The van der Waals surface area contributed by atoms with E-state index in [1.165, 1.54) is 24.9 Å². The van der Waals surface area contributed by atoms with Gasteiger partial charge in [-0.05, 0) is 62.6 Å². The molecule has 0 saturated carbocycles. The van der Waals surface area contributed by atoms with Crippen LogP contribution in [-0.2, 0) is 4.79 Å². The highest BCUT2D eigenvalue weighted by molar-refractivity contribution is 5.97. The van der Waals surface area contributed by atoms with Crippen LogP contribution in [0.1, 0.15) is 26.2 Å². The van der Waals surface area contributed by atoms with Crippen LogP contribution in [0.25, 0.3) is 0 Å². The van der Waals surface area contributed by atoms with E-state index in [0.717, 1.165) is 18.8 Å². The lowest BCUT2D eigenvalue weighted by molar-refractivity contribution is -0.116. The fourth-order valence-electron chi connectivity index (χ4n) is 3.39. The molecule has 6 heteroatoms. The molecule has 28 heavy (non-hydrogen) atoms. The maximum Gasteiger partial charge on any atom is 0.246 e. The van der Waals surface area contributed by atoms with Crippen LogP contribution < -0.4 is 25.0 Å². The van der Waals surface area contributed by atoms with E-state index in [9.17, 15) is 4.79 Å². The molecule has 0 radical (unpaired) electrons. The molecule has 2 N–H and O–H groups in total. The Labute approximate surface area is 166 Å². The number of ether oxygens (including phenoxy) is 2. The molecule has 0 aromatic heterocycles. The van der Waals surface area contributed by atoms with Crippen LogP contribution in [-0.4, -0.2) is 39.3 Å². The number of nitrogens with one attached hydrogen (secondary N) is 2. The van der Waals surface area contributed by atoms with Gasteiger partial charge >= 0.3 is 0 Å².